The lowest BCUT2D eigenvalue weighted by Gasteiger charge is -1.92. The van der Waals surface area contributed by atoms with E-state index in [9.17, 15) is 4.79 Å². The number of hydrogen-bond donors (Lipinski definition) is 0. The third-order valence-corrected chi connectivity index (χ3v) is 1.68. The molecule has 0 fully saturated rings. The van der Waals surface area contributed by atoms with Crippen LogP contribution in [0.4, 0.5) is 0 Å². The molecule has 0 saturated heterocycles. The molecule has 0 N–H and O–H groups in total. The van der Waals surface area contributed by atoms with Gasteiger partial charge in [0.25, 0.3) is 0 Å². The van der Waals surface area contributed by atoms with Crippen molar-refractivity contribution < 1.29 is 4.79 Å². The van der Waals surface area contributed by atoms with Crippen LogP contribution in [-0.4, -0.2) is 20.9 Å². The van der Waals surface area contributed by atoms with Crippen molar-refractivity contribution in [1.82, 2.24) is 14.6 Å². The molecule has 4 nitrogen and oxygen atoms in total. The number of pyridine rings is 1. The second-order valence-electron chi connectivity index (χ2n) is 2.55. The predicted molar refractivity (Wildman–Crippen MR) is 43.1 cm³/mol. The molecule has 0 aliphatic carbocycles. The summed E-state index contributed by atoms with van der Waals surface area (Å²) < 4.78 is 1.60. The SMILES string of the molecule is Cc1cccn2nc(C=O)nc12. The number of aldehydes is 1. The molecule has 2 aromatic rings. The van der Waals surface area contributed by atoms with E-state index in [1.54, 1.807) is 10.7 Å². The summed E-state index contributed by atoms with van der Waals surface area (Å²) in [7, 11) is 0. The van der Waals surface area contributed by atoms with E-state index in [4.69, 9.17) is 0 Å². The van der Waals surface area contributed by atoms with Crippen molar-refractivity contribution in [2.45, 2.75) is 6.92 Å². The molecule has 2 aromatic heterocycles. The van der Waals surface area contributed by atoms with Crippen molar-refractivity contribution in [3.05, 3.63) is 29.7 Å². The molecular formula is C8H7N3O. The Bertz CT molecular complexity index is 433. The monoisotopic (exact) mass is 161 g/mol. The minimum Gasteiger partial charge on any atom is -0.294 e. The number of aryl methyl sites for hydroxylation is 1. The molecule has 12 heavy (non-hydrogen) atoms. The fourth-order valence-corrected chi connectivity index (χ4v) is 1.11. The van der Waals surface area contributed by atoms with Crippen LogP contribution in [0.2, 0.25) is 0 Å². The smallest absolute Gasteiger partial charge is 0.214 e. The Kier molecular flexibility index (Phi) is 1.40. The maximum atomic E-state index is 10.3. The normalized spacial score (nSPS) is 10.4. The highest BCUT2D eigenvalue weighted by molar-refractivity contribution is 5.70. The molecule has 4 heteroatoms. The van der Waals surface area contributed by atoms with Gasteiger partial charge < -0.3 is 0 Å². The van der Waals surface area contributed by atoms with Crippen LogP contribution in [0.1, 0.15) is 16.2 Å². The molecule has 0 bridgehead atoms. The lowest BCUT2D eigenvalue weighted by atomic mass is 10.3. The number of carbonyl (C=O) groups excluding carboxylic acids is 1. The van der Waals surface area contributed by atoms with Crippen molar-refractivity contribution in [2.75, 3.05) is 0 Å². The molecule has 0 amide bonds. The van der Waals surface area contributed by atoms with E-state index < -0.39 is 0 Å². The second-order valence-corrected chi connectivity index (χ2v) is 2.55. The number of fused-ring (bicyclic) bond motifs is 1. The molecule has 2 rings (SSSR count). The van der Waals surface area contributed by atoms with E-state index >= 15 is 0 Å². The molecule has 0 unspecified atom stereocenters. The number of carbonyl (C=O) groups is 1. The van der Waals surface area contributed by atoms with E-state index in [2.05, 4.69) is 10.1 Å². The third kappa shape index (κ3) is 0.887. The summed E-state index contributed by atoms with van der Waals surface area (Å²) in [4.78, 5) is 14.4. The minimum atomic E-state index is 0.226. The lowest BCUT2D eigenvalue weighted by molar-refractivity contribution is 0.111. The van der Waals surface area contributed by atoms with Crippen molar-refractivity contribution in [2.24, 2.45) is 0 Å². The molecular weight excluding hydrogens is 154 g/mol. The number of aromatic nitrogens is 3. The zero-order valence-electron chi connectivity index (χ0n) is 6.56. The largest absolute Gasteiger partial charge is 0.294 e. The number of hydrogen-bond acceptors (Lipinski definition) is 3. The van der Waals surface area contributed by atoms with Crippen molar-refractivity contribution in [3.8, 4) is 0 Å². The zero-order chi connectivity index (χ0) is 8.55. The van der Waals surface area contributed by atoms with E-state index in [0.717, 1.165) is 11.2 Å². The van der Waals surface area contributed by atoms with Gasteiger partial charge in [0.05, 0.1) is 0 Å². The van der Waals surface area contributed by atoms with Crippen molar-refractivity contribution >= 4 is 11.9 Å². The van der Waals surface area contributed by atoms with Crippen LogP contribution in [0.3, 0.4) is 0 Å². The van der Waals surface area contributed by atoms with Gasteiger partial charge in [0.1, 0.15) is 0 Å². The van der Waals surface area contributed by atoms with E-state index in [0.29, 0.717) is 6.29 Å². The molecule has 0 radical (unpaired) electrons. The van der Waals surface area contributed by atoms with Crippen molar-refractivity contribution in [1.29, 1.82) is 0 Å². The van der Waals surface area contributed by atoms with Crippen LogP contribution in [0.15, 0.2) is 18.3 Å². The average Bonchev–Trinajstić information content (AvgIpc) is 2.49. The predicted octanol–water partition coefficient (Wildman–Crippen LogP) is 0.850. The molecule has 60 valence electrons. The highest BCUT2D eigenvalue weighted by Gasteiger charge is 2.02. The zero-order valence-corrected chi connectivity index (χ0v) is 6.56. The molecule has 0 aromatic carbocycles. The molecule has 0 aliphatic heterocycles. The fraction of sp³-hybridized carbons (Fsp3) is 0.125. The van der Waals surface area contributed by atoms with Gasteiger partial charge in [-0.15, -0.1) is 5.10 Å². The summed E-state index contributed by atoms with van der Waals surface area (Å²) in [6, 6.07) is 3.80. The highest BCUT2D eigenvalue weighted by atomic mass is 16.1. The van der Waals surface area contributed by atoms with E-state index in [1.165, 1.54) is 0 Å². The molecule has 2 heterocycles. The second kappa shape index (κ2) is 2.41. The van der Waals surface area contributed by atoms with Crippen LogP contribution in [-0.2, 0) is 0 Å². The summed E-state index contributed by atoms with van der Waals surface area (Å²) in [5.74, 6) is 0.226. The van der Waals surface area contributed by atoms with E-state index in [1.807, 2.05) is 19.1 Å². The van der Waals surface area contributed by atoms with Gasteiger partial charge in [-0.2, -0.15) is 0 Å². The van der Waals surface area contributed by atoms with Gasteiger partial charge in [0.15, 0.2) is 11.9 Å². The van der Waals surface area contributed by atoms with Crippen LogP contribution >= 0.6 is 0 Å². The minimum absolute atomic E-state index is 0.226. The Hall–Kier alpha value is -1.71. The van der Waals surface area contributed by atoms with Gasteiger partial charge in [-0.05, 0) is 18.6 Å². The summed E-state index contributed by atoms with van der Waals surface area (Å²) in [6.07, 6.45) is 2.41. The molecule has 0 aliphatic rings. The molecule has 0 atom stereocenters. The maximum absolute atomic E-state index is 10.3. The Morgan fingerprint density at radius 3 is 3.08 bits per heavy atom. The van der Waals surface area contributed by atoms with Crippen molar-refractivity contribution in [3.63, 3.8) is 0 Å². The Morgan fingerprint density at radius 1 is 1.58 bits per heavy atom. The van der Waals surface area contributed by atoms with Crippen LogP contribution in [0.25, 0.3) is 5.65 Å². The van der Waals surface area contributed by atoms with Gasteiger partial charge in [-0.25, -0.2) is 9.50 Å². The number of rotatable bonds is 1. The fourth-order valence-electron chi connectivity index (χ4n) is 1.11. The summed E-state index contributed by atoms with van der Waals surface area (Å²) in [6.45, 7) is 1.93. The van der Waals surface area contributed by atoms with Crippen LogP contribution in [0.5, 0.6) is 0 Å². The lowest BCUT2D eigenvalue weighted by Crippen LogP contribution is -1.88. The van der Waals surface area contributed by atoms with Crippen LogP contribution < -0.4 is 0 Å². The standard InChI is InChI=1S/C8H7N3O/c1-6-3-2-4-11-8(6)9-7(5-12)10-11/h2-5H,1H3. The Labute approximate surface area is 68.8 Å². The van der Waals surface area contributed by atoms with Gasteiger partial charge in [-0.3, -0.25) is 4.79 Å². The first kappa shape index (κ1) is 6.97. The van der Waals surface area contributed by atoms with Crippen LogP contribution in [0, 0.1) is 6.92 Å². The summed E-state index contributed by atoms with van der Waals surface area (Å²) >= 11 is 0. The van der Waals surface area contributed by atoms with Gasteiger partial charge in [-0.1, -0.05) is 6.07 Å². The van der Waals surface area contributed by atoms with Gasteiger partial charge >= 0.3 is 0 Å². The summed E-state index contributed by atoms with van der Waals surface area (Å²) in [5.41, 5.74) is 1.75. The summed E-state index contributed by atoms with van der Waals surface area (Å²) in [5, 5.41) is 3.93. The third-order valence-electron chi connectivity index (χ3n) is 1.68. The molecule has 0 spiro atoms. The molecule has 0 saturated carbocycles. The quantitative estimate of drug-likeness (QED) is 0.582. The van der Waals surface area contributed by atoms with E-state index in [-0.39, 0.29) is 5.82 Å². The highest BCUT2D eigenvalue weighted by Crippen LogP contribution is 2.05. The maximum Gasteiger partial charge on any atom is 0.214 e. The van der Waals surface area contributed by atoms with Gasteiger partial charge in [0, 0.05) is 6.20 Å². The Morgan fingerprint density at radius 2 is 2.42 bits per heavy atom. The topological polar surface area (TPSA) is 47.3 Å². The van der Waals surface area contributed by atoms with Gasteiger partial charge in [0.2, 0.25) is 5.82 Å². The first-order chi connectivity index (χ1) is 5.81. The first-order valence-electron chi connectivity index (χ1n) is 3.58. The Balaban J connectivity index is 2.82. The average molecular weight is 161 g/mol. The first-order valence-corrected chi connectivity index (χ1v) is 3.58. The number of nitrogens with zero attached hydrogens (tertiary/aromatic N) is 3.